The minimum Gasteiger partial charge on any atom is -0.326 e. The molecule has 0 aliphatic carbocycles. The molecule has 0 unspecified atom stereocenters. The zero-order chi connectivity index (χ0) is 18.2. The van der Waals surface area contributed by atoms with Gasteiger partial charge in [0.25, 0.3) is 10.0 Å². The van der Waals surface area contributed by atoms with Crippen molar-refractivity contribution < 1.29 is 18.0 Å². The lowest BCUT2D eigenvalue weighted by Gasteiger charge is -2.12. The molecule has 0 atom stereocenters. The first kappa shape index (κ1) is 17.0. The van der Waals surface area contributed by atoms with Crippen LogP contribution in [-0.2, 0) is 26.0 Å². The summed E-state index contributed by atoms with van der Waals surface area (Å²) in [5.74, 6) is -0.312. The summed E-state index contributed by atoms with van der Waals surface area (Å²) in [7, 11) is -2.15. The lowest BCUT2D eigenvalue weighted by atomic mass is 10.2. The number of anilines is 3. The van der Waals surface area contributed by atoms with Crippen molar-refractivity contribution in [1.29, 1.82) is 0 Å². The van der Waals surface area contributed by atoms with Crippen LogP contribution < -0.4 is 14.9 Å². The zero-order valence-electron chi connectivity index (χ0n) is 13.7. The number of carbonyl (C=O) groups is 2. The predicted molar refractivity (Wildman–Crippen MR) is 95.1 cm³/mol. The van der Waals surface area contributed by atoms with E-state index in [1.807, 2.05) is 0 Å². The molecule has 130 valence electrons. The number of fused-ring (bicyclic) bond motifs is 1. The van der Waals surface area contributed by atoms with Crippen LogP contribution in [0.25, 0.3) is 0 Å². The van der Waals surface area contributed by atoms with E-state index in [9.17, 15) is 18.0 Å². The highest BCUT2D eigenvalue weighted by atomic mass is 32.2. The number of carbonyl (C=O) groups excluding carboxylic acids is 2. The molecule has 0 spiro atoms. The van der Waals surface area contributed by atoms with Crippen molar-refractivity contribution in [2.45, 2.75) is 18.2 Å². The second kappa shape index (κ2) is 6.21. The average Bonchev–Trinajstić information content (AvgIpc) is 2.81. The fourth-order valence-corrected chi connectivity index (χ4v) is 3.79. The Morgan fingerprint density at radius 3 is 2.56 bits per heavy atom. The number of sulfonamides is 1. The molecule has 3 rings (SSSR count). The second-order valence-corrected chi connectivity index (χ2v) is 7.47. The van der Waals surface area contributed by atoms with Crippen LogP contribution in [0.2, 0.25) is 0 Å². The molecule has 7 nitrogen and oxygen atoms in total. The molecule has 0 radical (unpaired) electrons. The predicted octanol–water partition coefficient (Wildman–Crippen LogP) is 1.96. The van der Waals surface area contributed by atoms with E-state index >= 15 is 0 Å². The molecule has 1 aliphatic heterocycles. The summed E-state index contributed by atoms with van der Waals surface area (Å²) >= 11 is 0. The number of amides is 2. The van der Waals surface area contributed by atoms with E-state index < -0.39 is 10.0 Å². The van der Waals surface area contributed by atoms with E-state index in [1.165, 1.54) is 30.0 Å². The van der Waals surface area contributed by atoms with Crippen LogP contribution in [0.4, 0.5) is 17.1 Å². The van der Waals surface area contributed by atoms with E-state index in [4.69, 9.17) is 0 Å². The van der Waals surface area contributed by atoms with Gasteiger partial charge in [-0.1, -0.05) is 6.07 Å². The van der Waals surface area contributed by atoms with Gasteiger partial charge in [-0.05, 0) is 42.0 Å². The summed E-state index contributed by atoms with van der Waals surface area (Å²) < 4.78 is 27.7. The van der Waals surface area contributed by atoms with Crippen LogP contribution >= 0.6 is 0 Å². The van der Waals surface area contributed by atoms with Gasteiger partial charge in [0.2, 0.25) is 11.8 Å². The third kappa shape index (κ3) is 3.48. The van der Waals surface area contributed by atoms with Crippen molar-refractivity contribution in [3.63, 3.8) is 0 Å². The van der Waals surface area contributed by atoms with Gasteiger partial charge in [0.15, 0.2) is 0 Å². The van der Waals surface area contributed by atoms with Gasteiger partial charge >= 0.3 is 0 Å². The molecule has 0 aromatic heterocycles. The van der Waals surface area contributed by atoms with Gasteiger partial charge in [0.1, 0.15) is 0 Å². The Labute approximate surface area is 145 Å². The number of nitrogens with zero attached hydrogens (tertiary/aromatic N) is 1. The summed E-state index contributed by atoms with van der Waals surface area (Å²) in [5.41, 5.74) is 2.23. The molecule has 1 heterocycles. The maximum atomic E-state index is 12.6. The van der Waals surface area contributed by atoms with Gasteiger partial charge in [-0.2, -0.15) is 0 Å². The summed E-state index contributed by atoms with van der Waals surface area (Å²) in [6, 6.07) is 11.0. The van der Waals surface area contributed by atoms with Gasteiger partial charge in [0, 0.05) is 25.3 Å². The lowest BCUT2D eigenvalue weighted by molar-refractivity contribution is -0.117. The molecular weight excluding hydrogens is 342 g/mol. The number of hydrogen-bond acceptors (Lipinski definition) is 4. The SMILES string of the molecule is CC(=O)Nc1cccc(NS(=O)(=O)c2ccc3c(c2)CC(=O)N3C)c1. The summed E-state index contributed by atoms with van der Waals surface area (Å²) in [4.78, 5) is 24.4. The standard InChI is InChI=1S/C17H17N3O4S/c1-11(21)18-13-4-3-5-14(10-13)19-25(23,24)15-6-7-16-12(8-15)9-17(22)20(16)2/h3-8,10,19H,9H2,1-2H3,(H,18,21). The fraction of sp³-hybridized carbons (Fsp3) is 0.176. The molecule has 25 heavy (non-hydrogen) atoms. The highest BCUT2D eigenvalue weighted by molar-refractivity contribution is 7.92. The van der Waals surface area contributed by atoms with Crippen LogP contribution in [0.15, 0.2) is 47.4 Å². The number of rotatable bonds is 4. The summed E-state index contributed by atoms with van der Waals surface area (Å²) in [6.07, 6.45) is 0.188. The Morgan fingerprint density at radius 2 is 1.84 bits per heavy atom. The molecule has 0 fully saturated rings. The molecular formula is C17H17N3O4S. The largest absolute Gasteiger partial charge is 0.326 e. The van der Waals surface area contributed by atoms with Crippen LogP contribution in [0.3, 0.4) is 0 Å². The van der Waals surface area contributed by atoms with Crippen molar-refractivity contribution in [3.05, 3.63) is 48.0 Å². The topological polar surface area (TPSA) is 95.6 Å². The number of nitrogens with one attached hydrogen (secondary N) is 2. The second-order valence-electron chi connectivity index (χ2n) is 5.79. The van der Waals surface area contributed by atoms with Crippen LogP contribution in [0.1, 0.15) is 12.5 Å². The Balaban J connectivity index is 1.87. The molecule has 0 saturated heterocycles. The van der Waals surface area contributed by atoms with Crippen molar-refractivity contribution in [2.24, 2.45) is 0 Å². The normalized spacial score (nSPS) is 13.5. The molecule has 0 saturated carbocycles. The monoisotopic (exact) mass is 359 g/mol. The smallest absolute Gasteiger partial charge is 0.261 e. The van der Waals surface area contributed by atoms with E-state index in [2.05, 4.69) is 10.0 Å². The third-order valence-electron chi connectivity index (χ3n) is 3.87. The Bertz CT molecular complexity index is 970. The van der Waals surface area contributed by atoms with E-state index in [0.29, 0.717) is 16.9 Å². The molecule has 2 N–H and O–H groups in total. The van der Waals surface area contributed by atoms with Crippen LogP contribution in [0.5, 0.6) is 0 Å². The van der Waals surface area contributed by atoms with Crippen molar-refractivity contribution in [2.75, 3.05) is 22.0 Å². The van der Waals surface area contributed by atoms with Gasteiger partial charge in [0.05, 0.1) is 17.0 Å². The van der Waals surface area contributed by atoms with Crippen LogP contribution in [0, 0.1) is 0 Å². The van der Waals surface area contributed by atoms with Crippen molar-refractivity contribution >= 4 is 38.9 Å². The zero-order valence-corrected chi connectivity index (χ0v) is 14.6. The van der Waals surface area contributed by atoms with E-state index in [0.717, 1.165) is 5.69 Å². The lowest BCUT2D eigenvalue weighted by Crippen LogP contribution is -2.20. The minimum absolute atomic E-state index is 0.0690. The number of benzene rings is 2. The molecule has 2 aromatic carbocycles. The van der Waals surface area contributed by atoms with E-state index in [-0.39, 0.29) is 23.1 Å². The first-order valence-electron chi connectivity index (χ1n) is 7.56. The molecule has 8 heteroatoms. The number of hydrogen-bond donors (Lipinski definition) is 2. The van der Waals surface area contributed by atoms with E-state index in [1.54, 1.807) is 31.3 Å². The molecule has 2 amide bonds. The Hall–Kier alpha value is -2.87. The van der Waals surface area contributed by atoms with Gasteiger partial charge < -0.3 is 10.2 Å². The quantitative estimate of drug-likeness (QED) is 0.872. The highest BCUT2D eigenvalue weighted by Crippen LogP contribution is 2.30. The van der Waals surface area contributed by atoms with Gasteiger partial charge in [-0.3, -0.25) is 14.3 Å². The molecule has 0 bridgehead atoms. The van der Waals surface area contributed by atoms with Gasteiger partial charge in [-0.15, -0.1) is 0 Å². The summed E-state index contributed by atoms with van der Waals surface area (Å²) in [5, 5.41) is 2.60. The Kier molecular flexibility index (Phi) is 4.22. The third-order valence-corrected chi connectivity index (χ3v) is 5.25. The first-order valence-corrected chi connectivity index (χ1v) is 9.04. The van der Waals surface area contributed by atoms with Crippen molar-refractivity contribution in [3.8, 4) is 0 Å². The first-order chi connectivity index (χ1) is 11.8. The highest BCUT2D eigenvalue weighted by Gasteiger charge is 2.26. The maximum absolute atomic E-state index is 12.6. The summed E-state index contributed by atoms with van der Waals surface area (Å²) in [6.45, 7) is 1.37. The maximum Gasteiger partial charge on any atom is 0.261 e. The van der Waals surface area contributed by atoms with Crippen molar-refractivity contribution in [1.82, 2.24) is 0 Å². The fourth-order valence-electron chi connectivity index (χ4n) is 2.69. The average molecular weight is 359 g/mol. The van der Waals surface area contributed by atoms with Crippen LogP contribution in [-0.4, -0.2) is 27.3 Å². The van der Waals surface area contributed by atoms with Gasteiger partial charge in [-0.25, -0.2) is 8.42 Å². The number of likely N-dealkylation sites (N-methyl/N-ethyl adjacent to an activating group) is 1. The molecule has 1 aliphatic rings. The Morgan fingerprint density at radius 1 is 1.12 bits per heavy atom. The minimum atomic E-state index is -3.81. The molecule has 2 aromatic rings.